The summed E-state index contributed by atoms with van der Waals surface area (Å²) in [5, 5.41) is 29.4. The van der Waals surface area contributed by atoms with Gasteiger partial charge in [-0.05, 0) is 12.1 Å². The molecule has 1 aromatic heterocycles. The van der Waals surface area contributed by atoms with E-state index in [0.717, 1.165) is 0 Å². The minimum atomic E-state index is -1.16. The van der Waals surface area contributed by atoms with Crippen molar-refractivity contribution in [3.05, 3.63) is 36.8 Å². The molecular weight excluding hydrogens is 222 g/mol. The van der Waals surface area contributed by atoms with E-state index >= 15 is 0 Å². The Bertz CT molecular complexity index is 365. The first kappa shape index (κ1) is 12.3. The van der Waals surface area contributed by atoms with Crippen molar-refractivity contribution in [3.8, 4) is 0 Å². The molecule has 1 aliphatic rings. The highest BCUT2D eigenvalue weighted by Gasteiger charge is 2.42. The molecule has 17 heavy (non-hydrogen) atoms. The third kappa shape index (κ3) is 2.28. The van der Waals surface area contributed by atoms with Crippen LogP contribution in [0.25, 0.3) is 0 Å². The molecule has 0 saturated carbocycles. The number of nitrogens with zero attached hydrogens (tertiary/aromatic N) is 1. The van der Waals surface area contributed by atoms with Crippen LogP contribution >= 0.6 is 0 Å². The lowest BCUT2D eigenvalue weighted by molar-refractivity contribution is -0.139. The molecule has 5 heteroatoms. The van der Waals surface area contributed by atoms with Crippen molar-refractivity contribution in [2.45, 2.75) is 24.4 Å². The zero-order chi connectivity index (χ0) is 12.4. The van der Waals surface area contributed by atoms with E-state index in [1.807, 2.05) is 4.90 Å². The van der Waals surface area contributed by atoms with E-state index < -0.39 is 24.4 Å². The average Bonchev–Trinajstić information content (AvgIpc) is 2.80. The quantitative estimate of drug-likeness (QED) is 0.642. The van der Waals surface area contributed by atoms with Crippen LogP contribution in [0.2, 0.25) is 0 Å². The fourth-order valence-electron chi connectivity index (χ4n) is 2.25. The smallest absolute Gasteiger partial charge is 0.123 e. The number of hydrogen-bond acceptors (Lipinski definition) is 5. The molecule has 0 bridgehead atoms. The van der Waals surface area contributed by atoms with Gasteiger partial charge >= 0.3 is 0 Å². The Morgan fingerprint density at radius 2 is 2.18 bits per heavy atom. The molecule has 0 aliphatic carbocycles. The number of furan rings is 1. The van der Waals surface area contributed by atoms with Crippen LogP contribution in [0.4, 0.5) is 0 Å². The molecule has 1 aliphatic heterocycles. The van der Waals surface area contributed by atoms with Crippen LogP contribution in [0.5, 0.6) is 0 Å². The van der Waals surface area contributed by atoms with Gasteiger partial charge in [0.25, 0.3) is 0 Å². The predicted molar refractivity (Wildman–Crippen MR) is 61.2 cm³/mol. The highest BCUT2D eigenvalue weighted by atomic mass is 16.4. The summed E-state index contributed by atoms with van der Waals surface area (Å²) in [7, 11) is 0. The van der Waals surface area contributed by atoms with Crippen LogP contribution in [-0.2, 0) is 0 Å². The van der Waals surface area contributed by atoms with Crippen LogP contribution in [0.15, 0.2) is 35.5 Å². The number of rotatable bonds is 3. The standard InChI is InChI=1S/C12H17NO4/c1-2-5-13-7-8(14)11(15)12(16)10(13)9-4-3-6-17-9/h2-4,6,8,10-12,14-16H,1,5,7H2/t8-,10-,11+,12+/m1/s1. The van der Waals surface area contributed by atoms with Crippen LogP contribution in [-0.4, -0.2) is 51.6 Å². The lowest BCUT2D eigenvalue weighted by atomic mass is 9.92. The topological polar surface area (TPSA) is 77.1 Å². The van der Waals surface area contributed by atoms with Crippen molar-refractivity contribution < 1.29 is 19.7 Å². The zero-order valence-corrected chi connectivity index (χ0v) is 9.44. The van der Waals surface area contributed by atoms with Gasteiger partial charge < -0.3 is 19.7 Å². The largest absolute Gasteiger partial charge is 0.468 e. The monoisotopic (exact) mass is 239 g/mol. The van der Waals surface area contributed by atoms with Gasteiger partial charge in [0.1, 0.15) is 18.0 Å². The molecule has 0 unspecified atom stereocenters. The van der Waals surface area contributed by atoms with Gasteiger partial charge in [0.15, 0.2) is 0 Å². The molecule has 0 spiro atoms. The first-order valence-electron chi connectivity index (χ1n) is 5.57. The zero-order valence-electron chi connectivity index (χ0n) is 9.44. The number of hydrogen-bond donors (Lipinski definition) is 3. The van der Waals surface area contributed by atoms with Crippen molar-refractivity contribution in [1.29, 1.82) is 0 Å². The Morgan fingerprint density at radius 1 is 1.41 bits per heavy atom. The van der Waals surface area contributed by atoms with Gasteiger partial charge in [0.2, 0.25) is 0 Å². The second-order valence-electron chi connectivity index (χ2n) is 4.25. The van der Waals surface area contributed by atoms with E-state index in [1.54, 1.807) is 18.2 Å². The van der Waals surface area contributed by atoms with E-state index in [1.165, 1.54) is 6.26 Å². The van der Waals surface area contributed by atoms with Gasteiger partial charge in [-0.25, -0.2) is 0 Å². The summed E-state index contributed by atoms with van der Waals surface area (Å²) in [6, 6.07) is 3.02. The van der Waals surface area contributed by atoms with Crippen molar-refractivity contribution in [2.75, 3.05) is 13.1 Å². The number of likely N-dealkylation sites (tertiary alicyclic amines) is 1. The molecule has 94 valence electrons. The molecule has 0 aromatic carbocycles. The fraction of sp³-hybridized carbons (Fsp3) is 0.500. The second kappa shape index (κ2) is 5.01. The Balaban J connectivity index is 2.26. The van der Waals surface area contributed by atoms with Gasteiger partial charge in [0, 0.05) is 13.1 Å². The molecular formula is C12H17NO4. The van der Waals surface area contributed by atoms with E-state index in [0.29, 0.717) is 12.3 Å². The normalized spacial score (nSPS) is 34.8. The van der Waals surface area contributed by atoms with Crippen molar-refractivity contribution in [3.63, 3.8) is 0 Å². The first-order valence-corrected chi connectivity index (χ1v) is 5.57. The van der Waals surface area contributed by atoms with Gasteiger partial charge in [-0.1, -0.05) is 6.08 Å². The molecule has 1 aromatic rings. The minimum absolute atomic E-state index is 0.273. The third-order valence-electron chi connectivity index (χ3n) is 3.08. The summed E-state index contributed by atoms with van der Waals surface area (Å²) in [5.74, 6) is 0.574. The first-order chi connectivity index (χ1) is 8.15. The van der Waals surface area contributed by atoms with Gasteiger partial charge in [-0.15, -0.1) is 6.58 Å². The molecule has 2 heterocycles. The van der Waals surface area contributed by atoms with Gasteiger partial charge in [-0.3, -0.25) is 4.90 Å². The summed E-state index contributed by atoms with van der Waals surface area (Å²) in [5.41, 5.74) is 0. The Labute approximate surface area is 99.6 Å². The predicted octanol–water partition coefficient (Wildman–Crippen LogP) is -0.0950. The molecule has 1 saturated heterocycles. The van der Waals surface area contributed by atoms with Gasteiger partial charge in [0.05, 0.1) is 18.4 Å². The van der Waals surface area contributed by atoms with Crippen molar-refractivity contribution in [2.24, 2.45) is 0 Å². The summed E-state index contributed by atoms with van der Waals surface area (Å²) in [4.78, 5) is 1.83. The molecule has 0 radical (unpaired) electrons. The molecule has 2 rings (SSSR count). The maximum absolute atomic E-state index is 10.0. The van der Waals surface area contributed by atoms with Crippen LogP contribution in [0.1, 0.15) is 11.8 Å². The Hall–Kier alpha value is -1.14. The van der Waals surface area contributed by atoms with Crippen LogP contribution < -0.4 is 0 Å². The number of aliphatic hydroxyl groups excluding tert-OH is 3. The molecule has 5 nitrogen and oxygen atoms in total. The number of aliphatic hydroxyl groups is 3. The summed E-state index contributed by atoms with van der Waals surface area (Å²) >= 11 is 0. The number of β-amino-alcohol motifs (C(OH)–C–C–N with tert-alkyl or cyclic N) is 1. The second-order valence-corrected chi connectivity index (χ2v) is 4.25. The van der Waals surface area contributed by atoms with E-state index in [-0.39, 0.29) is 6.54 Å². The van der Waals surface area contributed by atoms with E-state index in [2.05, 4.69) is 6.58 Å². The highest BCUT2D eigenvalue weighted by molar-refractivity contribution is 5.11. The lowest BCUT2D eigenvalue weighted by Gasteiger charge is -2.42. The number of piperidine rings is 1. The maximum Gasteiger partial charge on any atom is 0.123 e. The summed E-state index contributed by atoms with van der Waals surface area (Å²) < 4.78 is 5.27. The fourth-order valence-corrected chi connectivity index (χ4v) is 2.25. The Kier molecular flexibility index (Phi) is 3.63. The summed E-state index contributed by atoms with van der Waals surface area (Å²) in [6.07, 6.45) is 0.00530. The minimum Gasteiger partial charge on any atom is -0.468 e. The van der Waals surface area contributed by atoms with E-state index in [4.69, 9.17) is 4.42 Å². The molecule has 4 atom stereocenters. The maximum atomic E-state index is 10.0. The highest BCUT2D eigenvalue weighted by Crippen LogP contribution is 2.31. The average molecular weight is 239 g/mol. The molecule has 0 amide bonds. The van der Waals surface area contributed by atoms with Crippen molar-refractivity contribution >= 4 is 0 Å². The SMILES string of the molecule is C=CCN1C[C@@H](O)[C@H](O)[C@@H](O)[C@H]1c1ccco1. The van der Waals surface area contributed by atoms with Gasteiger partial charge in [-0.2, -0.15) is 0 Å². The van der Waals surface area contributed by atoms with Crippen LogP contribution in [0, 0.1) is 0 Å². The van der Waals surface area contributed by atoms with Crippen LogP contribution in [0.3, 0.4) is 0 Å². The molecule has 3 N–H and O–H groups in total. The van der Waals surface area contributed by atoms with Crippen molar-refractivity contribution in [1.82, 2.24) is 4.90 Å². The lowest BCUT2D eigenvalue weighted by Crippen LogP contribution is -2.56. The molecule has 1 fully saturated rings. The third-order valence-corrected chi connectivity index (χ3v) is 3.08. The Morgan fingerprint density at radius 3 is 2.76 bits per heavy atom. The van der Waals surface area contributed by atoms with E-state index in [9.17, 15) is 15.3 Å². The summed E-state index contributed by atoms with van der Waals surface area (Å²) in [6.45, 7) is 4.42.